The minimum Gasteiger partial charge on any atom is -0.497 e. The molecular formula is C14H20ClNO2. The van der Waals surface area contributed by atoms with Gasteiger partial charge in [0.25, 0.3) is 0 Å². The van der Waals surface area contributed by atoms with Crippen LogP contribution in [0, 0.1) is 0 Å². The Kier molecular flexibility index (Phi) is 6.58. The van der Waals surface area contributed by atoms with Gasteiger partial charge in [0.05, 0.1) is 18.9 Å². The van der Waals surface area contributed by atoms with Gasteiger partial charge in [-0.3, -0.25) is 4.79 Å². The van der Waals surface area contributed by atoms with Crippen molar-refractivity contribution < 1.29 is 9.53 Å². The van der Waals surface area contributed by atoms with Crippen molar-refractivity contribution in [2.24, 2.45) is 0 Å². The molecule has 0 bridgehead atoms. The van der Waals surface area contributed by atoms with Gasteiger partial charge in [-0.25, -0.2) is 0 Å². The minimum atomic E-state index is 0.00178. The van der Waals surface area contributed by atoms with Gasteiger partial charge in [-0.15, -0.1) is 11.6 Å². The molecule has 0 radical (unpaired) electrons. The number of amides is 1. The monoisotopic (exact) mass is 269 g/mol. The number of halogens is 1. The average molecular weight is 270 g/mol. The van der Waals surface area contributed by atoms with E-state index in [1.807, 2.05) is 24.3 Å². The molecule has 0 aliphatic heterocycles. The lowest BCUT2D eigenvalue weighted by atomic mass is 10.1. The molecule has 0 saturated carbocycles. The third-order valence-electron chi connectivity index (χ3n) is 2.65. The van der Waals surface area contributed by atoms with Gasteiger partial charge in [0.2, 0.25) is 5.91 Å². The first-order chi connectivity index (χ1) is 8.65. The summed E-state index contributed by atoms with van der Waals surface area (Å²) in [7, 11) is 1.62. The third-order valence-corrected chi connectivity index (χ3v) is 3.02. The van der Waals surface area contributed by atoms with Crippen LogP contribution in [0.1, 0.15) is 25.3 Å². The number of carbonyl (C=O) groups is 1. The molecule has 1 aromatic carbocycles. The van der Waals surface area contributed by atoms with Crippen LogP contribution in [0.25, 0.3) is 0 Å². The molecule has 100 valence electrons. The Morgan fingerprint density at radius 3 is 2.61 bits per heavy atom. The average Bonchev–Trinajstić information content (AvgIpc) is 2.38. The largest absolute Gasteiger partial charge is 0.497 e. The Balaban J connectivity index is 2.35. The highest BCUT2D eigenvalue weighted by Crippen LogP contribution is 2.11. The third kappa shape index (κ3) is 5.41. The van der Waals surface area contributed by atoms with Crippen LogP contribution in [0.15, 0.2) is 24.3 Å². The van der Waals surface area contributed by atoms with Crippen LogP contribution in [0.2, 0.25) is 0 Å². The predicted octanol–water partition coefficient (Wildman–Crippen LogP) is 2.76. The van der Waals surface area contributed by atoms with Gasteiger partial charge in [-0.05, 0) is 24.1 Å². The maximum absolute atomic E-state index is 11.7. The molecule has 1 rings (SSSR count). The van der Waals surface area contributed by atoms with E-state index in [1.165, 1.54) is 0 Å². The lowest BCUT2D eigenvalue weighted by Crippen LogP contribution is -2.30. The van der Waals surface area contributed by atoms with E-state index in [0.29, 0.717) is 13.0 Å². The smallest absolute Gasteiger partial charge is 0.224 e. The summed E-state index contributed by atoms with van der Waals surface area (Å²) in [6, 6.07) is 7.49. The molecule has 0 spiro atoms. The highest BCUT2D eigenvalue weighted by atomic mass is 35.5. The maximum atomic E-state index is 11.7. The van der Waals surface area contributed by atoms with Gasteiger partial charge in [-0.1, -0.05) is 25.5 Å². The van der Waals surface area contributed by atoms with Crippen LogP contribution in [-0.4, -0.2) is 24.9 Å². The molecular weight excluding hydrogens is 250 g/mol. The number of hydrogen-bond donors (Lipinski definition) is 1. The van der Waals surface area contributed by atoms with E-state index in [9.17, 15) is 4.79 Å². The molecule has 1 N–H and O–H groups in total. The van der Waals surface area contributed by atoms with Crippen molar-refractivity contribution in [3.05, 3.63) is 29.8 Å². The van der Waals surface area contributed by atoms with E-state index in [1.54, 1.807) is 7.11 Å². The number of hydrogen-bond acceptors (Lipinski definition) is 2. The summed E-state index contributed by atoms with van der Waals surface area (Å²) in [5, 5.41) is 2.87. The van der Waals surface area contributed by atoms with E-state index in [-0.39, 0.29) is 11.3 Å². The van der Waals surface area contributed by atoms with Crippen LogP contribution >= 0.6 is 11.6 Å². The van der Waals surface area contributed by atoms with Crippen LogP contribution in [-0.2, 0) is 11.2 Å². The van der Waals surface area contributed by atoms with Crippen molar-refractivity contribution in [2.75, 3.05) is 13.7 Å². The van der Waals surface area contributed by atoms with Gasteiger partial charge in [0, 0.05) is 6.54 Å². The number of rotatable bonds is 7. The van der Waals surface area contributed by atoms with E-state index >= 15 is 0 Å². The molecule has 18 heavy (non-hydrogen) atoms. The molecule has 0 fully saturated rings. The molecule has 1 atom stereocenters. The SMILES string of the molecule is CCCC(Cl)CNC(=O)Cc1ccc(OC)cc1. The second kappa shape index (κ2) is 7.98. The highest BCUT2D eigenvalue weighted by molar-refractivity contribution is 6.20. The van der Waals surface area contributed by atoms with E-state index in [2.05, 4.69) is 12.2 Å². The Morgan fingerprint density at radius 1 is 1.39 bits per heavy atom. The minimum absolute atomic E-state index is 0.00178. The van der Waals surface area contributed by atoms with Crippen LogP contribution in [0.5, 0.6) is 5.75 Å². The molecule has 3 nitrogen and oxygen atoms in total. The zero-order chi connectivity index (χ0) is 13.4. The quantitative estimate of drug-likeness (QED) is 0.773. The Morgan fingerprint density at radius 2 is 2.06 bits per heavy atom. The van der Waals surface area contributed by atoms with Gasteiger partial charge < -0.3 is 10.1 Å². The van der Waals surface area contributed by atoms with Crippen LogP contribution < -0.4 is 10.1 Å². The fraction of sp³-hybridized carbons (Fsp3) is 0.500. The summed E-state index contributed by atoms with van der Waals surface area (Å²) < 4.78 is 5.06. The van der Waals surface area contributed by atoms with Gasteiger partial charge >= 0.3 is 0 Å². The number of methoxy groups -OCH3 is 1. The molecule has 1 amide bonds. The lowest BCUT2D eigenvalue weighted by Gasteiger charge is -2.10. The number of nitrogens with one attached hydrogen (secondary N) is 1. The zero-order valence-electron chi connectivity index (χ0n) is 10.9. The van der Waals surface area contributed by atoms with Gasteiger partial charge in [0.1, 0.15) is 5.75 Å². The first kappa shape index (κ1) is 14.8. The van der Waals surface area contributed by atoms with E-state index in [4.69, 9.17) is 16.3 Å². The highest BCUT2D eigenvalue weighted by Gasteiger charge is 2.07. The number of benzene rings is 1. The summed E-state index contributed by atoms with van der Waals surface area (Å²) >= 11 is 6.04. The number of carbonyl (C=O) groups excluding carboxylic acids is 1. The van der Waals surface area contributed by atoms with Gasteiger partial charge in [0.15, 0.2) is 0 Å². The summed E-state index contributed by atoms with van der Waals surface area (Å²) in [5.74, 6) is 0.796. The molecule has 0 aromatic heterocycles. The first-order valence-corrected chi connectivity index (χ1v) is 6.63. The zero-order valence-corrected chi connectivity index (χ0v) is 11.7. The fourth-order valence-corrected chi connectivity index (χ4v) is 1.93. The summed E-state index contributed by atoms with van der Waals surface area (Å²) in [6.45, 7) is 2.61. The summed E-state index contributed by atoms with van der Waals surface area (Å²) in [5.41, 5.74) is 0.968. The lowest BCUT2D eigenvalue weighted by molar-refractivity contribution is -0.120. The second-order valence-electron chi connectivity index (χ2n) is 4.21. The van der Waals surface area contributed by atoms with E-state index < -0.39 is 0 Å². The molecule has 1 aromatic rings. The van der Waals surface area contributed by atoms with Crippen molar-refractivity contribution in [1.82, 2.24) is 5.32 Å². The van der Waals surface area contributed by atoms with Crippen molar-refractivity contribution >= 4 is 17.5 Å². The van der Waals surface area contributed by atoms with Crippen molar-refractivity contribution in [2.45, 2.75) is 31.6 Å². The molecule has 0 aliphatic rings. The number of ether oxygens (including phenoxy) is 1. The molecule has 4 heteroatoms. The molecule has 0 aliphatic carbocycles. The Bertz CT molecular complexity index is 365. The molecule has 1 unspecified atom stereocenters. The molecule has 0 saturated heterocycles. The Labute approximate surface area is 113 Å². The predicted molar refractivity (Wildman–Crippen MR) is 74.3 cm³/mol. The number of alkyl halides is 1. The van der Waals surface area contributed by atoms with Crippen molar-refractivity contribution in [1.29, 1.82) is 0 Å². The second-order valence-corrected chi connectivity index (χ2v) is 4.83. The molecule has 0 heterocycles. The fourth-order valence-electron chi connectivity index (χ4n) is 1.63. The Hall–Kier alpha value is -1.22. The van der Waals surface area contributed by atoms with Crippen molar-refractivity contribution in [3.8, 4) is 5.75 Å². The normalized spacial score (nSPS) is 11.9. The van der Waals surface area contributed by atoms with Crippen LogP contribution in [0.3, 0.4) is 0 Å². The first-order valence-electron chi connectivity index (χ1n) is 6.19. The summed E-state index contributed by atoms with van der Waals surface area (Å²) in [4.78, 5) is 11.7. The maximum Gasteiger partial charge on any atom is 0.224 e. The summed E-state index contributed by atoms with van der Waals surface area (Å²) in [6.07, 6.45) is 2.33. The standard InChI is InChI=1S/C14H20ClNO2/c1-3-4-12(15)10-16-14(17)9-11-5-7-13(18-2)8-6-11/h5-8,12H,3-4,9-10H2,1-2H3,(H,16,17). The van der Waals surface area contributed by atoms with Crippen LogP contribution in [0.4, 0.5) is 0 Å². The topological polar surface area (TPSA) is 38.3 Å². The van der Waals surface area contributed by atoms with Crippen molar-refractivity contribution in [3.63, 3.8) is 0 Å². The van der Waals surface area contributed by atoms with Gasteiger partial charge in [-0.2, -0.15) is 0 Å². The van der Waals surface area contributed by atoms with E-state index in [0.717, 1.165) is 24.2 Å².